The first-order chi connectivity index (χ1) is 7.97. The van der Waals surface area contributed by atoms with Gasteiger partial charge in [0.2, 0.25) is 5.09 Å². The smallest absolute Gasteiger partial charge is 0.328 e. The minimum absolute atomic E-state index is 0.107. The molecule has 94 valence electrons. The fourth-order valence-corrected chi connectivity index (χ4v) is 2.34. The third kappa shape index (κ3) is 2.86. The molecular weight excluding hydrogens is 246 g/mol. The second-order valence-corrected chi connectivity index (χ2v) is 5.40. The molecular formula is C10H13NO5S. The van der Waals surface area contributed by atoms with Crippen LogP contribution in [0.2, 0.25) is 0 Å². The maximum Gasteiger partial charge on any atom is 0.328 e. The predicted molar refractivity (Wildman–Crippen MR) is 58.2 cm³/mol. The Morgan fingerprint density at radius 2 is 2.00 bits per heavy atom. The summed E-state index contributed by atoms with van der Waals surface area (Å²) in [5.74, 6) is -0.559. The standard InChI is InChI=1S/C10H13NO5S/c12-10(11-7-3-1-2-4-7)8-5-6-9(16-8)17(13,14)15/h5-7H,1-4H2,(H,11,12)(H,13,14,15). The van der Waals surface area contributed by atoms with E-state index >= 15 is 0 Å². The Labute approximate surface area is 98.7 Å². The highest BCUT2D eigenvalue weighted by Gasteiger charge is 2.22. The van der Waals surface area contributed by atoms with E-state index in [1.807, 2.05) is 0 Å². The van der Waals surface area contributed by atoms with Crippen LogP contribution >= 0.6 is 0 Å². The summed E-state index contributed by atoms with van der Waals surface area (Å²) in [7, 11) is -4.39. The molecule has 0 unspecified atom stereocenters. The number of nitrogens with one attached hydrogen (secondary N) is 1. The molecule has 2 N–H and O–H groups in total. The summed E-state index contributed by atoms with van der Waals surface area (Å²) in [6, 6.07) is 2.41. The van der Waals surface area contributed by atoms with Crippen molar-refractivity contribution in [2.24, 2.45) is 0 Å². The zero-order valence-corrected chi connectivity index (χ0v) is 9.87. The van der Waals surface area contributed by atoms with Gasteiger partial charge in [0.05, 0.1) is 0 Å². The van der Waals surface area contributed by atoms with Gasteiger partial charge in [-0.2, -0.15) is 8.42 Å². The molecule has 0 atom stereocenters. The molecule has 0 saturated heterocycles. The summed E-state index contributed by atoms with van der Waals surface area (Å²) in [5.41, 5.74) is 0. The van der Waals surface area contributed by atoms with Gasteiger partial charge in [0.15, 0.2) is 5.76 Å². The van der Waals surface area contributed by atoms with Gasteiger partial charge in [-0.15, -0.1) is 0 Å². The molecule has 1 aromatic rings. The van der Waals surface area contributed by atoms with Gasteiger partial charge < -0.3 is 9.73 Å². The van der Waals surface area contributed by atoms with E-state index in [-0.39, 0.29) is 11.8 Å². The summed E-state index contributed by atoms with van der Waals surface area (Å²) < 4.78 is 35.0. The second-order valence-electron chi connectivity index (χ2n) is 4.05. The quantitative estimate of drug-likeness (QED) is 0.795. The van der Waals surface area contributed by atoms with Crippen molar-refractivity contribution in [2.45, 2.75) is 36.8 Å². The molecule has 2 rings (SSSR count). The molecule has 1 saturated carbocycles. The maximum atomic E-state index is 11.7. The first kappa shape index (κ1) is 12.1. The number of furan rings is 1. The minimum atomic E-state index is -4.39. The van der Waals surface area contributed by atoms with Gasteiger partial charge in [0, 0.05) is 6.04 Å². The average molecular weight is 259 g/mol. The van der Waals surface area contributed by atoms with Crippen LogP contribution in [0.25, 0.3) is 0 Å². The molecule has 6 nitrogen and oxygen atoms in total. The van der Waals surface area contributed by atoms with Crippen LogP contribution in [-0.4, -0.2) is 24.9 Å². The van der Waals surface area contributed by atoms with Crippen molar-refractivity contribution in [1.82, 2.24) is 5.32 Å². The van der Waals surface area contributed by atoms with Crippen molar-refractivity contribution in [3.05, 3.63) is 17.9 Å². The molecule has 1 fully saturated rings. The van der Waals surface area contributed by atoms with Crippen LogP contribution in [0.1, 0.15) is 36.2 Å². The number of hydrogen-bond donors (Lipinski definition) is 2. The van der Waals surface area contributed by atoms with Crippen molar-refractivity contribution >= 4 is 16.0 Å². The van der Waals surface area contributed by atoms with Crippen molar-refractivity contribution in [3.63, 3.8) is 0 Å². The highest BCUT2D eigenvalue weighted by atomic mass is 32.2. The lowest BCUT2D eigenvalue weighted by Gasteiger charge is -2.09. The van der Waals surface area contributed by atoms with E-state index in [2.05, 4.69) is 5.32 Å². The average Bonchev–Trinajstić information content (AvgIpc) is 2.85. The summed E-state index contributed by atoms with van der Waals surface area (Å²) in [6.07, 6.45) is 4.02. The van der Waals surface area contributed by atoms with Crippen LogP contribution in [-0.2, 0) is 10.1 Å². The number of amides is 1. The summed E-state index contributed by atoms with van der Waals surface area (Å²) in [4.78, 5) is 11.7. The predicted octanol–water partition coefficient (Wildman–Crippen LogP) is 1.20. The van der Waals surface area contributed by atoms with Gasteiger partial charge in [-0.3, -0.25) is 9.35 Å². The van der Waals surface area contributed by atoms with Crippen molar-refractivity contribution in [3.8, 4) is 0 Å². The van der Waals surface area contributed by atoms with Crippen molar-refractivity contribution < 1.29 is 22.2 Å². The molecule has 1 amide bonds. The minimum Gasteiger partial charge on any atom is -0.437 e. The summed E-state index contributed by atoms with van der Waals surface area (Å²) >= 11 is 0. The number of carbonyl (C=O) groups is 1. The van der Waals surface area contributed by atoms with Gasteiger partial charge in [0.1, 0.15) is 0 Å². The topological polar surface area (TPSA) is 96.6 Å². The Bertz CT molecular complexity index is 513. The van der Waals surface area contributed by atoms with Crippen LogP contribution in [0.3, 0.4) is 0 Å². The van der Waals surface area contributed by atoms with Crippen LogP contribution in [0.15, 0.2) is 21.6 Å². The second kappa shape index (κ2) is 4.50. The van der Waals surface area contributed by atoms with E-state index in [9.17, 15) is 13.2 Å². The van der Waals surface area contributed by atoms with Crippen LogP contribution < -0.4 is 5.32 Å². The molecule has 7 heteroatoms. The van der Waals surface area contributed by atoms with E-state index in [0.717, 1.165) is 31.7 Å². The van der Waals surface area contributed by atoms with Crippen LogP contribution in [0, 0.1) is 0 Å². The number of hydrogen-bond acceptors (Lipinski definition) is 4. The summed E-state index contributed by atoms with van der Waals surface area (Å²) in [6.45, 7) is 0. The Morgan fingerprint density at radius 3 is 2.53 bits per heavy atom. The van der Waals surface area contributed by atoms with Gasteiger partial charge in [0.25, 0.3) is 5.91 Å². The zero-order chi connectivity index (χ0) is 12.5. The Kier molecular flexibility index (Phi) is 3.21. The SMILES string of the molecule is O=C(NC1CCCC1)c1ccc(S(=O)(=O)O)o1. The van der Waals surface area contributed by atoms with Gasteiger partial charge in [-0.1, -0.05) is 12.8 Å². The maximum absolute atomic E-state index is 11.7. The van der Waals surface area contributed by atoms with E-state index in [1.54, 1.807) is 0 Å². The Morgan fingerprint density at radius 1 is 1.35 bits per heavy atom. The number of carbonyl (C=O) groups excluding carboxylic acids is 1. The molecule has 0 bridgehead atoms. The summed E-state index contributed by atoms with van der Waals surface area (Å²) in [5, 5.41) is 2.13. The normalized spacial score (nSPS) is 17.2. The molecule has 1 heterocycles. The fourth-order valence-electron chi connectivity index (χ4n) is 1.91. The van der Waals surface area contributed by atoms with Crippen LogP contribution in [0.4, 0.5) is 0 Å². The number of rotatable bonds is 3. The molecule has 1 aliphatic rings. The van der Waals surface area contributed by atoms with Crippen molar-refractivity contribution in [2.75, 3.05) is 0 Å². The first-order valence-corrected chi connectivity index (χ1v) is 6.79. The lowest BCUT2D eigenvalue weighted by Crippen LogP contribution is -2.32. The van der Waals surface area contributed by atoms with Gasteiger partial charge in [-0.25, -0.2) is 0 Å². The van der Waals surface area contributed by atoms with Gasteiger partial charge in [-0.05, 0) is 25.0 Å². The molecule has 0 aromatic carbocycles. The molecule has 0 aliphatic heterocycles. The third-order valence-electron chi connectivity index (χ3n) is 2.75. The van der Waals surface area contributed by atoms with E-state index in [4.69, 9.17) is 8.97 Å². The molecule has 0 spiro atoms. The monoisotopic (exact) mass is 259 g/mol. The molecule has 1 aliphatic carbocycles. The van der Waals surface area contributed by atoms with E-state index in [0.29, 0.717) is 0 Å². The molecule has 0 radical (unpaired) electrons. The largest absolute Gasteiger partial charge is 0.437 e. The highest BCUT2D eigenvalue weighted by Crippen LogP contribution is 2.19. The van der Waals surface area contributed by atoms with E-state index in [1.165, 1.54) is 6.07 Å². The highest BCUT2D eigenvalue weighted by molar-refractivity contribution is 7.85. The van der Waals surface area contributed by atoms with Crippen LogP contribution in [0.5, 0.6) is 0 Å². The Balaban J connectivity index is 2.07. The lowest BCUT2D eigenvalue weighted by molar-refractivity contribution is 0.0904. The van der Waals surface area contributed by atoms with E-state index < -0.39 is 21.1 Å². The molecule has 17 heavy (non-hydrogen) atoms. The zero-order valence-electron chi connectivity index (χ0n) is 9.05. The Hall–Kier alpha value is -1.34. The van der Waals surface area contributed by atoms with Crippen molar-refractivity contribution in [1.29, 1.82) is 0 Å². The fraction of sp³-hybridized carbons (Fsp3) is 0.500. The van der Waals surface area contributed by atoms with Gasteiger partial charge >= 0.3 is 10.1 Å². The molecule has 1 aromatic heterocycles. The lowest BCUT2D eigenvalue weighted by atomic mass is 10.2. The first-order valence-electron chi connectivity index (χ1n) is 5.35. The third-order valence-corrected chi connectivity index (χ3v) is 3.48.